The Bertz CT molecular complexity index is 720. The first-order valence-corrected chi connectivity index (χ1v) is 5.68. The molecule has 2 aromatic carbocycles. The van der Waals surface area contributed by atoms with E-state index in [4.69, 9.17) is 15.1 Å². The molecular formula is C15H10FNO3. The summed E-state index contributed by atoms with van der Waals surface area (Å²) in [7, 11) is 1.40. The highest BCUT2D eigenvalue weighted by Gasteiger charge is 2.13. The van der Waals surface area contributed by atoms with E-state index in [2.05, 4.69) is 0 Å². The number of benzene rings is 2. The number of carboxylic acids is 1. The summed E-state index contributed by atoms with van der Waals surface area (Å²) in [5.74, 6) is -1.51. The van der Waals surface area contributed by atoms with E-state index < -0.39 is 11.8 Å². The fourth-order valence-electron chi connectivity index (χ4n) is 1.84. The van der Waals surface area contributed by atoms with E-state index in [0.29, 0.717) is 11.3 Å². The molecule has 0 saturated heterocycles. The van der Waals surface area contributed by atoms with Crippen molar-refractivity contribution in [3.05, 3.63) is 53.3 Å². The summed E-state index contributed by atoms with van der Waals surface area (Å²) < 4.78 is 19.1. The predicted molar refractivity (Wildman–Crippen MR) is 70.1 cm³/mol. The number of ether oxygens (including phenoxy) is 1. The highest BCUT2D eigenvalue weighted by Crippen LogP contribution is 2.29. The lowest BCUT2D eigenvalue weighted by Gasteiger charge is -2.08. The average Bonchev–Trinajstić information content (AvgIpc) is 2.46. The number of rotatable bonds is 3. The Hall–Kier alpha value is -2.87. The van der Waals surface area contributed by atoms with Gasteiger partial charge in [0.25, 0.3) is 0 Å². The second kappa shape index (κ2) is 5.41. The second-order valence-electron chi connectivity index (χ2n) is 4.03. The summed E-state index contributed by atoms with van der Waals surface area (Å²) in [6.07, 6.45) is 0. The molecule has 0 atom stereocenters. The maximum atomic E-state index is 14.1. The highest BCUT2D eigenvalue weighted by atomic mass is 19.1. The molecule has 0 saturated carbocycles. The predicted octanol–water partition coefficient (Wildman–Crippen LogP) is 3.07. The van der Waals surface area contributed by atoms with E-state index in [1.165, 1.54) is 43.5 Å². The molecule has 2 aromatic rings. The average molecular weight is 271 g/mol. The summed E-state index contributed by atoms with van der Waals surface area (Å²) in [5, 5.41) is 17.9. The number of hydrogen-bond donors (Lipinski definition) is 1. The maximum Gasteiger partial charge on any atom is 0.335 e. The van der Waals surface area contributed by atoms with Crippen molar-refractivity contribution in [3.63, 3.8) is 0 Å². The van der Waals surface area contributed by atoms with Crippen LogP contribution in [-0.2, 0) is 0 Å². The monoisotopic (exact) mass is 271 g/mol. The lowest BCUT2D eigenvalue weighted by molar-refractivity contribution is 0.0696. The SMILES string of the molecule is COc1cc(C(=O)O)cc(-c2cccc(C#N)c2F)c1. The zero-order valence-electron chi connectivity index (χ0n) is 10.6. The molecule has 0 aliphatic rings. The topological polar surface area (TPSA) is 70.3 Å². The van der Waals surface area contributed by atoms with Crippen LogP contribution < -0.4 is 4.74 Å². The number of hydrogen-bond acceptors (Lipinski definition) is 3. The van der Waals surface area contributed by atoms with Crippen molar-refractivity contribution < 1.29 is 19.0 Å². The Kier molecular flexibility index (Phi) is 3.67. The Balaban J connectivity index is 2.67. The molecule has 100 valence electrons. The van der Waals surface area contributed by atoms with Gasteiger partial charge in [0, 0.05) is 5.56 Å². The molecule has 0 radical (unpaired) electrons. The maximum absolute atomic E-state index is 14.1. The molecule has 0 unspecified atom stereocenters. The second-order valence-corrected chi connectivity index (χ2v) is 4.03. The fourth-order valence-corrected chi connectivity index (χ4v) is 1.84. The lowest BCUT2D eigenvalue weighted by atomic mass is 10.00. The van der Waals surface area contributed by atoms with E-state index >= 15 is 0 Å². The van der Waals surface area contributed by atoms with Crippen LogP contribution in [0.4, 0.5) is 4.39 Å². The third-order valence-electron chi connectivity index (χ3n) is 2.82. The molecule has 2 rings (SSSR count). The number of aromatic carboxylic acids is 1. The van der Waals surface area contributed by atoms with Crippen molar-refractivity contribution >= 4 is 5.97 Å². The molecule has 0 fully saturated rings. The summed E-state index contributed by atoms with van der Waals surface area (Å²) >= 11 is 0. The fraction of sp³-hybridized carbons (Fsp3) is 0.0667. The Morgan fingerprint density at radius 2 is 2.10 bits per heavy atom. The molecule has 0 bridgehead atoms. The van der Waals surface area contributed by atoms with Gasteiger partial charge in [-0.25, -0.2) is 9.18 Å². The van der Waals surface area contributed by atoms with Crippen LogP contribution in [0.15, 0.2) is 36.4 Å². The van der Waals surface area contributed by atoms with Crippen molar-refractivity contribution in [2.45, 2.75) is 0 Å². The van der Waals surface area contributed by atoms with Crippen LogP contribution in [0, 0.1) is 17.1 Å². The van der Waals surface area contributed by atoms with Gasteiger partial charge in [-0.05, 0) is 29.8 Å². The van der Waals surface area contributed by atoms with E-state index in [1.54, 1.807) is 6.07 Å². The normalized spacial score (nSPS) is 9.85. The minimum absolute atomic E-state index is 0.0129. The molecule has 0 amide bonds. The summed E-state index contributed by atoms with van der Waals surface area (Å²) in [6, 6.07) is 10.3. The Morgan fingerprint density at radius 1 is 1.35 bits per heavy atom. The van der Waals surface area contributed by atoms with Crippen LogP contribution in [-0.4, -0.2) is 18.2 Å². The standard InChI is InChI=1S/C15H10FNO3/c1-20-12-6-10(5-11(7-12)15(18)19)13-4-2-3-9(8-17)14(13)16/h2-7H,1H3,(H,18,19). The van der Waals surface area contributed by atoms with Gasteiger partial charge in [0.2, 0.25) is 0 Å². The molecule has 4 nitrogen and oxygen atoms in total. The van der Waals surface area contributed by atoms with Crippen molar-refractivity contribution in [1.29, 1.82) is 5.26 Å². The lowest BCUT2D eigenvalue weighted by Crippen LogP contribution is -1.99. The van der Waals surface area contributed by atoms with Gasteiger partial charge in [0.1, 0.15) is 17.6 Å². The van der Waals surface area contributed by atoms with E-state index in [9.17, 15) is 9.18 Å². The van der Waals surface area contributed by atoms with Crippen LogP contribution in [0.2, 0.25) is 0 Å². The highest BCUT2D eigenvalue weighted by molar-refractivity contribution is 5.90. The quantitative estimate of drug-likeness (QED) is 0.931. The first kappa shape index (κ1) is 13.6. The van der Waals surface area contributed by atoms with Crippen molar-refractivity contribution in [1.82, 2.24) is 0 Å². The number of carbonyl (C=O) groups is 1. The van der Waals surface area contributed by atoms with Gasteiger partial charge in [-0.3, -0.25) is 0 Å². The molecule has 0 aromatic heterocycles. The summed E-state index contributed by atoms with van der Waals surface area (Å²) in [4.78, 5) is 11.1. The summed E-state index contributed by atoms with van der Waals surface area (Å²) in [5.41, 5.74) is 0.394. The van der Waals surface area contributed by atoms with Gasteiger partial charge in [-0.1, -0.05) is 12.1 Å². The first-order chi connectivity index (χ1) is 9.56. The van der Waals surface area contributed by atoms with Crippen LogP contribution >= 0.6 is 0 Å². The zero-order valence-corrected chi connectivity index (χ0v) is 10.6. The molecule has 0 heterocycles. The molecule has 0 aliphatic carbocycles. The van der Waals surface area contributed by atoms with Crippen LogP contribution in [0.25, 0.3) is 11.1 Å². The molecular weight excluding hydrogens is 261 g/mol. The minimum atomic E-state index is -1.14. The number of methoxy groups -OCH3 is 1. The van der Waals surface area contributed by atoms with Crippen LogP contribution in [0.1, 0.15) is 15.9 Å². The minimum Gasteiger partial charge on any atom is -0.497 e. The molecule has 20 heavy (non-hydrogen) atoms. The zero-order chi connectivity index (χ0) is 14.7. The Labute approximate surface area is 114 Å². The van der Waals surface area contributed by atoms with Gasteiger partial charge in [-0.15, -0.1) is 0 Å². The third-order valence-corrected chi connectivity index (χ3v) is 2.82. The molecule has 5 heteroatoms. The number of halogens is 1. The number of nitrogens with zero attached hydrogens (tertiary/aromatic N) is 1. The van der Waals surface area contributed by atoms with Crippen molar-refractivity contribution in [2.24, 2.45) is 0 Å². The molecule has 1 N–H and O–H groups in total. The van der Waals surface area contributed by atoms with Gasteiger partial charge in [0.15, 0.2) is 0 Å². The first-order valence-electron chi connectivity index (χ1n) is 5.68. The number of carboxylic acid groups (broad SMARTS) is 1. The van der Waals surface area contributed by atoms with Gasteiger partial charge >= 0.3 is 5.97 Å². The summed E-state index contributed by atoms with van der Waals surface area (Å²) in [6.45, 7) is 0. The van der Waals surface area contributed by atoms with Crippen molar-refractivity contribution in [3.8, 4) is 22.9 Å². The third kappa shape index (κ3) is 2.45. The molecule has 0 spiro atoms. The largest absolute Gasteiger partial charge is 0.497 e. The van der Waals surface area contributed by atoms with E-state index in [0.717, 1.165) is 0 Å². The van der Waals surface area contributed by atoms with Gasteiger partial charge in [-0.2, -0.15) is 5.26 Å². The van der Waals surface area contributed by atoms with Crippen molar-refractivity contribution in [2.75, 3.05) is 7.11 Å². The molecule has 0 aliphatic heterocycles. The van der Waals surface area contributed by atoms with E-state index in [-0.39, 0.29) is 16.7 Å². The Morgan fingerprint density at radius 3 is 2.70 bits per heavy atom. The van der Waals surface area contributed by atoms with Crippen LogP contribution in [0.3, 0.4) is 0 Å². The van der Waals surface area contributed by atoms with Crippen LogP contribution in [0.5, 0.6) is 5.75 Å². The number of nitriles is 1. The smallest absolute Gasteiger partial charge is 0.335 e. The van der Waals surface area contributed by atoms with Gasteiger partial charge in [0.05, 0.1) is 18.2 Å². The van der Waals surface area contributed by atoms with E-state index in [1.807, 2.05) is 0 Å². The van der Waals surface area contributed by atoms with Gasteiger partial charge < -0.3 is 9.84 Å².